The first-order valence-electron chi connectivity index (χ1n) is 19.4. The fourth-order valence-corrected chi connectivity index (χ4v) is 7.12. The third-order valence-corrected chi connectivity index (χ3v) is 9.74. The number of carbonyl (C=O) groups is 2. The molecule has 0 radical (unpaired) electrons. The van der Waals surface area contributed by atoms with Crippen molar-refractivity contribution >= 4 is 11.9 Å². The second kappa shape index (κ2) is 20.8. The quantitative estimate of drug-likeness (QED) is 0.0349. The van der Waals surface area contributed by atoms with E-state index in [-0.39, 0.29) is 49.1 Å². The lowest BCUT2D eigenvalue weighted by Gasteiger charge is -2.20. The van der Waals surface area contributed by atoms with Gasteiger partial charge in [0.1, 0.15) is 46.0 Å². The van der Waals surface area contributed by atoms with Crippen molar-refractivity contribution in [3.05, 3.63) is 165 Å². The number of esters is 2. The summed E-state index contributed by atoms with van der Waals surface area (Å²) in [6.07, 6.45) is 0.596. The van der Waals surface area contributed by atoms with Crippen molar-refractivity contribution in [1.82, 2.24) is 0 Å². The smallest absolute Gasteiger partial charge is 0.343 e. The first-order chi connectivity index (χ1) is 29.6. The second-order valence-electron chi connectivity index (χ2n) is 14.0. The van der Waals surface area contributed by atoms with E-state index in [2.05, 4.69) is 0 Å². The van der Waals surface area contributed by atoms with E-state index < -0.39 is 11.9 Å². The molecule has 316 valence electrons. The lowest BCUT2D eigenvalue weighted by Crippen LogP contribution is -2.11. The Balaban J connectivity index is 1.39. The van der Waals surface area contributed by atoms with E-state index in [1.54, 1.807) is 124 Å². The first-order valence-corrected chi connectivity index (χ1v) is 19.4. The van der Waals surface area contributed by atoms with Crippen molar-refractivity contribution < 1.29 is 57.7 Å². The van der Waals surface area contributed by atoms with Crippen molar-refractivity contribution in [1.29, 1.82) is 0 Å². The van der Waals surface area contributed by atoms with Gasteiger partial charge in [0.25, 0.3) is 0 Å². The van der Waals surface area contributed by atoms with Gasteiger partial charge in [-0.05, 0) is 91.3 Å². The minimum Gasteiger partial charge on any atom is -0.508 e. The number of aromatic hydroxyl groups is 2. The number of rotatable bonds is 19. The summed E-state index contributed by atoms with van der Waals surface area (Å²) in [5.41, 5.74) is 5.27. The van der Waals surface area contributed by atoms with E-state index in [4.69, 9.17) is 37.9 Å². The van der Waals surface area contributed by atoms with Crippen molar-refractivity contribution in [3.63, 3.8) is 0 Å². The molecule has 2 N–H and O–H groups in total. The number of phenolic OH excluding ortho intramolecular Hbond substituents is 2. The van der Waals surface area contributed by atoms with Crippen LogP contribution in [-0.4, -0.2) is 70.6 Å². The molecule has 0 fully saturated rings. The van der Waals surface area contributed by atoms with Crippen LogP contribution < -0.4 is 28.4 Å². The predicted octanol–water partition coefficient (Wildman–Crippen LogP) is 8.64. The zero-order valence-electron chi connectivity index (χ0n) is 34.7. The van der Waals surface area contributed by atoms with Crippen LogP contribution >= 0.6 is 0 Å². The van der Waals surface area contributed by atoms with Crippen LogP contribution in [0.1, 0.15) is 59.7 Å². The summed E-state index contributed by atoms with van der Waals surface area (Å²) in [4.78, 5) is 26.4. The highest BCUT2D eigenvalue weighted by Crippen LogP contribution is 2.40. The Hall–Kier alpha value is -7.02. The van der Waals surface area contributed by atoms with Gasteiger partial charge in [0, 0.05) is 59.8 Å². The molecule has 0 aliphatic heterocycles. The first kappa shape index (κ1) is 43.6. The van der Waals surface area contributed by atoms with Crippen LogP contribution in [-0.2, 0) is 28.7 Å². The van der Waals surface area contributed by atoms with Gasteiger partial charge < -0.3 is 48.1 Å². The molecule has 0 saturated carbocycles. The van der Waals surface area contributed by atoms with Gasteiger partial charge in [0.2, 0.25) is 0 Å². The number of methoxy groups -OCH3 is 4. The highest BCUT2D eigenvalue weighted by molar-refractivity contribution is 5.91. The van der Waals surface area contributed by atoms with E-state index in [9.17, 15) is 19.8 Å². The van der Waals surface area contributed by atoms with Crippen LogP contribution in [0.2, 0.25) is 0 Å². The molecule has 0 aliphatic rings. The van der Waals surface area contributed by atoms with Gasteiger partial charge in [-0.15, -0.1) is 0 Å². The number of phenols is 2. The molecule has 0 heterocycles. The Labute approximate surface area is 354 Å². The molecule has 6 rings (SSSR count). The molecule has 12 heteroatoms. The molecule has 0 aromatic heterocycles. The fourth-order valence-electron chi connectivity index (χ4n) is 7.12. The van der Waals surface area contributed by atoms with Gasteiger partial charge in [0.15, 0.2) is 6.79 Å². The molecule has 6 aromatic carbocycles. The highest BCUT2D eigenvalue weighted by Gasteiger charge is 2.22. The summed E-state index contributed by atoms with van der Waals surface area (Å²) in [5.74, 6) is 1.51. The summed E-state index contributed by atoms with van der Waals surface area (Å²) in [6.45, 7) is 2.49. The number of carbonyl (C=O) groups excluding carboxylic acids is 2. The molecule has 0 saturated heterocycles. The average Bonchev–Trinajstić information content (AvgIpc) is 3.24. The summed E-state index contributed by atoms with van der Waals surface area (Å²) in [5, 5.41) is 21.8. The minimum absolute atomic E-state index is 0.0337. The topological polar surface area (TPSA) is 148 Å². The van der Waals surface area contributed by atoms with Crippen LogP contribution in [0, 0.1) is 6.92 Å². The summed E-state index contributed by atoms with van der Waals surface area (Å²) < 4.78 is 46.2. The molecule has 6 aromatic rings. The van der Waals surface area contributed by atoms with E-state index in [1.165, 1.54) is 7.11 Å². The van der Waals surface area contributed by atoms with Gasteiger partial charge in [-0.2, -0.15) is 0 Å². The third-order valence-electron chi connectivity index (χ3n) is 9.74. The molecule has 0 atom stereocenters. The normalized spacial score (nSPS) is 10.8. The Morgan fingerprint density at radius 2 is 0.967 bits per heavy atom. The molecular weight excluding hydrogens is 781 g/mol. The van der Waals surface area contributed by atoms with E-state index in [1.807, 2.05) is 19.1 Å². The predicted molar refractivity (Wildman–Crippen MR) is 228 cm³/mol. The summed E-state index contributed by atoms with van der Waals surface area (Å²) in [6, 6.07) is 32.2. The number of hydrogen-bond acceptors (Lipinski definition) is 12. The van der Waals surface area contributed by atoms with Crippen molar-refractivity contribution in [3.8, 4) is 46.0 Å². The van der Waals surface area contributed by atoms with Gasteiger partial charge in [0.05, 0.1) is 45.7 Å². The SMILES string of the molecule is COCCOCOc1ccc(OC(=O)c2ccccc2)cc1Cc1cc(O)cc(Cc2cc(OC(=O)c3ccccc3)cc(Cc3cc(O)cc(C)c3OC)c2OC)c1OC. The highest BCUT2D eigenvalue weighted by atomic mass is 16.7. The average molecular weight is 829 g/mol. The Bertz CT molecular complexity index is 2450. The van der Waals surface area contributed by atoms with Gasteiger partial charge in [-0.3, -0.25) is 0 Å². The maximum absolute atomic E-state index is 13.3. The zero-order chi connectivity index (χ0) is 43.3. The van der Waals surface area contributed by atoms with Crippen molar-refractivity contribution in [2.24, 2.45) is 0 Å². The molecule has 0 spiro atoms. The van der Waals surface area contributed by atoms with E-state index >= 15 is 0 Å². The van der Waals surface area contributed by atoms with E-state index in [0.29, 0.717) is 80.7 Å². The standard InChI is InChI=1S/C49H48O12/c1-31-20-40(50)24-35(45(31)55-3)22-38-28-43(61-49(53)33-14-10-7-11-15-33)29-39(47(38)57-5)23-37-26-41(51)25-36(46(37)56-4)21-34-27-42(60-48(52)32-12-8-6-9-13-32)16-17-44(34)59-30-58-19-18-54-2/h6-17,20,24-29,50-51H,18-19,21-23,30H2,1-5H3. The van der Waals surface area contributed by atoms with Crippen molar-refractivity contribution in [2.45, 2.75) is 26.2 Å². The number of benzene rings is 6. The fraction of sp³-hybridized carbons (Fsp3) is 0.224. The van der Waals surface area contributed by atoms with Gasteiger partial charge in [-0.1, -0.05) is 36.4 Å². The van der Waals surface area contributed by atoms with Crippen LogP contribution in [0.5, 0.6) is 46.0 Å². The van der Waals surface area contributed by atoms with Crippen LogP contribution in [0.15, 0.2) is 115 Å². The third kappa shape index (κ3) is 11.2. The Morgan fingerprint density at radius 1 is 0.508 bits per heavy atom. The zero-order valence-corrected chi connectivity index (χ0v) is 34.7. The molecule has 0 bridgehead atoms. The molecular formula is C49H48O12. The number of aryl methyl sites for hydroxylation is 1. The monoisotopic (exact) mass is 828 g/mol. The van der Waals surface area contributed by atoms with Crippen LogP contribution in [0.4, 0.5) is 0 Å². The molecule has 12 nitrogen and oxygen atoms in total. The number of ether oxygens (including phenoxy) is 8. The summed E-state index contributed by atoms with van der Waals surface area (Å²) in [7, 11) is 6.23. The number of hydrogen-bond donors (Lipinski definition) is 2. The van der Waals surface area contributed by atoms with E-state index in [0.717, 1.165) is 5.56 Å². The maximum Gasteiger partial charge on any atom is 0.343 e. The van der Waals surface area contributed by atoms with Crippen LogP contribution in [0.25, 0.3) is 0 Å². The molecule has 61 heavy (non-hydrogen) atoms. The van der Waals surface area contributed by atoms with Crippen molar-refractivity contribution in [2.75, 3.05) is 48.4 Å². The Kier molecular flexibility index (Phi) is 14.8. The second-order valence-corrected chi connectivity index (χ2v) is 14.0. The molecule has 0 amide bonds. The molecule has 0 unspecified atom stereocenters. The molecule has 0 aliphatic carbocycles. The largest absolute Gasteiger partial charge is 0.508 e. The Morgan fingerprint density at radius 3 is 1.49 bits per heavy atom. The lowest BCUT2D eigenvalue weighted by molar-refractivity contribution is -0.00885. The summed E-state index contributed by atoms with van der Waals surface area (Å²) >= 11 is 0. The van der Waals surface area contributed by atoms with Gasteiger partial charge >= 0.3 is 11.9 Å². The van der Waals surface area contributed by atoms with Crippen LogP contribution in [0.3, 0.4) is 0 Å². The minimum atomic E-state index is -0.551. The lowest BCUT2D eigenvalue weighted by atomic mass is 9.93. The van der Waals surface area contributed by atoms with Gasteiger partial charge in [-0.25, -0.2) is 9.59 Å². The maximum atomic E-state index is 13.3.